The lowest BCUT2D eigenvalue weighted by Gasteiger charge is -2.39. The summed E-state index contributed by atoms with van der Waals surface area (Å²) >= 11 is 0. The molecule has 0 atom stereocenters. The van der Waals surface area contributed by atoms with Gasteiger partial charge in [0.1, 0.15) is 11.4 Å². The third-order valence-electron chi connectivity index (χ3n) is 3.52. The molecule has 144 valence electrons. The number of hydrogen-bond acceptors (Lipinski definition) is 5. The molecule has 1 fully saturated rings. The van der Waals surface area contributed by atoms with Crippen molar-refractivity contribution in [2.24, 2.45) is 5.92 Å². The van der Waals surface area contributed by atoms with Gasteiger partial charge >= 0.3 is 12.3 Å². The number of likely N-dealkylation sites (tertiary alicyclic amines) is 1. The van der Waals surface area contributed by atoms with E-state index in [4.69, 9.17) is 9.47 Å². The number of nitro groups is 1. The maximum atomic E-state index is 12.8. The van der Waals surface area contributed by atoms with E-state index in [-0.39, 0.29) is 18.3 Å². The fraction of sp³-hybridized carbons (Fsp3) is 0.562. The highest BCUT2D eigenvalue weighted by molar-refractivity contribution is 5.69. The standard InChI is InChI=1S/C16H19F3N2O5/c1-15(2,3)26-14(22)20-7-10(8-20)9-25-13-5-11(16(17,18)19)4-12(6-13)21(23)24/h4-6,10H,7-9H2,1-3H3. The van der Waals surface area contributed by atoms with Gasteiger partial charge < -0.3 is 14.4 Å². The molecular formula is C16H19F3N2O5. The minimum absolute atomic E-state index is 0.0394. The van der Waals surface area contributed by atoms with Gasteiger partial charge in [0.25, 0.3) is 5.69 Å². The average Bonchev–Trinajstić information content (AvgIpc) is 2.42. The largest absolute Gasteiger partial charge is 0.493 e. The van der Waals surface area contributed by atoms with E-state index >= 15 is 0 Å². The molecule has 2 rings (SSSR count). The maximum absolute atomic E-state index is 12.8. The molecule has 7 nitrogen and oxygen atoms in total. The first-order valence-corrected chi connectivity index (χ1v) is 7.82. The van der Waals surface area contributed by atoms with Crippen molar-refractivity contribution in [1.82, 2.24) is 4.90 Å². The first-order valence-electron chi connectivity index (χ1n) is 7.82. The molecule has 1 aliphatic rings. The number of carbonyl (C=O) groups excluding carboxylic acids is 1. The zero-order chi connectivity index (χ0) is 19.7. The third kappa shape index (κ3) is 5.24. The first-order chi connectivity index (χ1) is 11.8. The SMILES string of the molecule is CC(C)(C)OC(=O)N1CC(COc2cc([N+](=O)[O-])cc(C(F)(F)F)c2)C1. The van der Waals surface area contributed by atoms with Crippen LogP contribution < -0.4 is 4.74 Å². The monoisotopic (exact) mass is 376 g/mol. The molecule has 0 aliphatic carbocycles. The number of rotatable bonds is 4. The molecule has 0 aromatic heterocycles. The van der Waals surface area contributed by atoms with E-state index in [1.807, 2.05) is 0 Å². The summed E-state index contributed by atoms with van der Waals surface area (Å²) in [6.07, 6.45) is -5.18. The van der Waals surface area contributed by atoms with Crippen molar-refractivity contribution in [2.75, 3.05) is 19.7 Å². The van der Waals surface area contributed by atoms with Crippen molar-refractivity contribution in [2.45, 2.75) is 32.5 Å². The minimum atomic E-state index is -4.71. The molecule has 26 heavy (non-hydrogen) atoms. The fourth-order valence-electron chi connectivity index (χ4n) is 2.30. The molecule has 0 saturated carbocycles. The van der Waals surface area contributed by atoms with E-state index in [1.54, 1.807) is 20.8 Å². The molecule has 0 bridgehead atoms. The zero-order valence-electron chi connectivity index (χ0n) is 14.5. The van der Waals surface area contributed by atoms with Crippen molar-refractivity contribution in [3.05, 3.63) is 33.9 Å². The van der Waals surface area contributed by atoms with Gasteiger partial charge in [-0.15, -0.1) is 0 Å². The van der Waals surface area contributed by atoms with Crippen molar-refractivity contribution < 1.29 is 32.4 Å². The Bertz CT molecular complexity index is 694. The highest BCUT2D eigenvalue weighted by atomic mass is 19.4. The lowest BCUT2D eigenvalue weighted by molar-refractivity contribution is -0.385. The number of nitrogens with zero attached hydrogens (tertiary/aromatic N) is 2. The Balaban J connectivity index is 1.94. The number of amides is 1. The average molecular weight is 376 g/mol. The summed E-state index contributed by atoms with van der Waals surface area (Å²) in [5, 5.41) is 10.8. The number of hydrogen-bond donors (Lipinski definition) is 0. The zero-order valence-corrected chi connectivity index (χ0v) is 14.5. The van der Waals surface area contributed by atoms with Crippen molar-refractivity contribution in [1.29, 1.82) is 0 Å². The first kappa shape index (κ1) is 19.8. The number of ether oxygens (including phenoxy) is 2. The van der Waals surface area contributed by atoms with Gasteiger partial charge in [0.2, 0.25) is 0 Å². The van der Waals surface area contributed by atoms with Gasteiger partial charge in [-0.1, -0.05) is 0 Å². The molecular weight excluding hydrogens is 357 g/mol. The molecule has 1 aliphatic heterocycles. The quantitative estimate of drug-likeness (QED) is 0.589. The number of carbonyl (C=O) groups is 1. The Kier molecular flexibility index (Phi) is 5.33. The predicted octanol–water partition coefficient (Wildman–Crippen LogP) is 3.86. The van der Waals surface area contributed by atoms with Crippen LogP contribution >= 0.6 is 0 Å². The van der Waals surface area contributed by atoms with Crippen LogP contribution in [-0.4, -0.2) is 41.2 Å². The summed E-state index contributed by atoms with van der Waals surface area (Å²) < 4.78 is 49.0. The number of nitro benzene ring substituents is 1. The second-order valence-electron chi connectivity index (χ2n) is 7.03. The molecule has 0 N–H and O–H groups in total. The third-order valence-corrected chi connectivity index (χ3v) is 3.52. The van der Waals surface area contributed by atoms with Crippen molar-refractivity contribution in [3.8, 4) is 5.75 Å². The van der Waals surface area contributed by atoms with E-state index in [0.717, 1.165) is 12.1 Å². The molecule has 1 heterocycles. The Morgan fingerprint density at radius 3 is 2.38 bits per heavy atom. The Hall–Kier alpha value is -2.52. The Labute approximate surface area is 147 Å². The van der Waals surface area contributed by atoms with Crippen LogP contribution in [0.5, 0.6) is 5.75 Å². The molecule has 0 radical (unpaired) electrons. The minimum Gasteiger partial charge on any atom is -0.493 e. The van der Waals surface area contributed by atoms with E-state index in [9.17, 15) is 28.1 Å². The second kappa shape index (κ2) is 7.00. The van der Waals surface area contributed by atoms with Gasteiger partial charge in [0, 0.05) is 25.1 Å². The summed E-state index contributed by atoms with van der Waals surface area (Å²) in [5.74, 6) is -0.321. The Morgan fingerprint density at radius 2 is 1.88 bits per heavy atom. The summed E-state index contributed by atoms with van der Waals surface area (Å²) in [6, 6.07) is 2.12. The number of alkyl halides is 3. The van der Waals surface area contributed by atoms with E-state index in [1.165, 1.54) is 4.90 Å². The number of halogens is 3. The van der Waals surface area contributed by atoms with Crippen molar-refractivity contribution in [3.63, 3.8) is 0 Å². The van der Waals surface area contributed by atoms with Gasteiger partial charge in [0.15, 0.2) is 0 Å². The lowest BCUT2D eigenvalue weighted by atomic mass is 10.0. The molecule has 0 unspecified atom stereocenters. The van der Waals surface area contributed by atoms with E-state index in [2.05, 4.69) is 0 Å². The predicted molar refractivity (Wildman–Crippen MR) is 84.9 cm³/mol. The molecule has 10 heteroatoms. The van der Waals surface area contributed by atoms with Crippen LogP contribution in [0, 0.1) is 16.0 Å². The van der Waals surface area contributed by atoms with Crippen LogP contribution in [0.1, 0.15) is 26.3 Å². The van der Waals surface area contributed by atoms with Crippen LogP contribution in [0.25, 0.3) is 0 Å². The molecule has 1 amide bonds. The molecule has 1 saturated heterocycles. The van der Waals surface area contributed by atoms with Crippen LogP contribution in [0.3, 0.4) is 0 Å². The number of benzene rings is 1. The van der Waals surface area contributed by atoms with E-state index in [0.29, 0.717) is 19.2 Å². The molecule has 1 aromatic rings. The van der Waals surface area contributed by atoms with Crippen LogP contribution in [0.15, 0.2) is 18.2 Å². The Morgan fingerprint density at radius 1 is 1.27 bits per heavy atom. The number of non-ortho nitro benzene ring substituents is 1. The lowest BCUT2D eigenvalue weighted by Crippen LogP contribution is -2.53. The normalized spacial score (nSPS) is 15.4. The van der Waals surface area contributed by atoms with Gasteiger partial charge in [0.05, 0.1) is 23.2 Å². The summed E-state index contributed by atoms with van der Waals surface area (Å²) in [5.41, 5.74) is -2.46. The van der Waals surface area contributed by atoms with Gasteiger partial charge in [-0.3, -0.25) is 10.1 Å². The fourth-order valence-corrected chi connectivity index (χ4v) is 2.30. The molecule has 0 spiro atoms. The molecule has 1 aromatic carbocycles. The van der Waals surface area contributed by atoms with Crippen LogP contribution in [0.2, 0.25) is 0 Å². The maximum Gasteiger partial charge on any atom is 0.416 e. The highest BCUT2D eigenvalue weighted by Gasteiger charge is 2.35. The van der Waals surface area contributed by atoms with Gasteiger partial charge in [-0.2, -0.15) is 13.2 Å². The van der Waals surface area contributed by atoms with Crippen LogP contribution in [0.4, 0.5) is 23.7 Å². The van der Waals surface area contributed by atoms with Gasteiger partial charge in [-0.05, 0) is 26.8 Å². The second-order valence-corrected chi connectivity index (χ2v) is 7.03. The summed E-state index contributed by atoms with van der Waals surface area (Å²) in [4.78, 5) is 23.1. The van der Waals surface area contributed by atoms with Crippen molar-refractivity contribution >= 4 is 11.8 Å². The topological polar surface area (TPSA) is 81.9 Å². The smallest absolute Gasteiger partial charge is 0.416 e. The highest BCUT2D eigenvalue weighted by Crippen LogP contribution is 2.35. The van der Waals surface area contributed by atoms with Gasteiger partial charge in [-0.25, -0.2) is 4.79 Å². The van der Waals surface area contributed by atoms with Crippen LogP contribution in [-0.2, 0) is 10.9 Å². The summed E-state index contributed by atoms with van der Waals surface area (Å²) in [6.45, 7) is 5.95. The van der Waals surface area contributed by atoms with E-state index < -0.39 is 34.0 Å². The summed E-state index contributed by atoms with van der Waals surface area (Å²) in [7, 11) is 0.